The molecule has 1 atom stereocenters. The first-order valence-corrected chi connectivity index (χ1v) is 7.08. The van der Waals surface area contributed by atoms with Crippen LogP contribution in [-0.4, -0.2) is 16.1 Å². The molecule has 0 saturated heterocycles. The van der Waals surface area contributed by atoms with Crippen LogP contribution < -0.4 is 5.32 Å². The first-order chi connectivity index (χ1) is 9.45. The van der Waals surface area contributed by atoms with Gasteiger partial charge in [-0.05, 0) is 49.6 Å². The van der Waals surface area contributed by atoms with Crippen molar-refractivity contribution in [3.8, 4) is 5.75 Å². The SMILES string of the molecule is Cc1cc(Cl)nc(Cl)c1NC(C)Cc1ccc(O)cc1. The van der Waals surface area contributed by atoms with E-state index < -0.39 is 0 Å². The lowest BCUT2D eigenvalue weighted by Gasteiger charge is -2.18. The summed E-state index contributed by atoms with van der Waals surface area (Å²) in [6.07, 6.45) is 0.818. The smallest absolute Gasteiger partial charge is 0.154 e. The van der Waals surface area contributed by atoms with E-state index in [1.165, 1.54) is 0 Å². The Bertz CT molecular complexity index is 576. The fourth-order valence-corrected chi connectivity index (χ4v) is 2.64. The number of hydrogen-bond acceptors (Lipinski definition) is 3. The summed E-state index contributed by atoms with van der Waals surface area (Å²) in [6, 6.07) is 9.14. The van der Waals surface area contributed by atoms with Gasteiger partial charge in [0, 0.05) is 6.04 Å². The maximum atomic E-state index is 9.27. The Hall–Kier alpha value is -1.45. The minimum absolute atomic E-state index is 0.179. The van der Waals surface area contributed by atoms with Gasteiger partial charge in [0.15, 0.2) is 5.15 Å². The standard InChI is InChI=1S/C15H16Cl2N2O/c1-9-7-13(16)19-15(17)14(9)18-10(2)8-11-3-5-12(20)6-4-11/h3-7,10,18,20H,8H2,1-2H3. The summed E-state index contributed by atoms with van der Waals surface area (Å²) >= 11 is 12.0. The zero-order valence-electron chi connectivity index (χ0n) is 11.3. The van der Waals surface area contributed by atoms with Crippen molar-refractivity contribution in [1.29, 1.82) is 0 Å². The summed E-state index contributed by atoms with van der Waals surface area (Å²) in [7, 11) is 0. The molecule has 2 rings (SSSR count). The van der Waals surface area contributed by atoms with Gasteiger partial charge in [-0.3, -0.25) is 0 Å². The highest BCUT2D eigenvalue weighted by Crippen LogP contribution is 2.27. The van der Waals surface area contributed by atoms with Gasteiger partial charge in [0.2, 0.25) is 0 Å². The Morgan fingerprint density at radius 2 is 1.90 bits per heavy atom. The normalized spacial score (nSPS) is 12.2. The predicted octanol–water partition coefficient (Wildman–Crippen LogP) is 4.45. The summed E-state index contributed by atoms with van der Waals surface area (Å²) in [5.74, 6) is 0.273. The molecule has 0 amide bonds. The van der Waals surface area contributed by atoms with Crippen molar-refractivity contribution in [3.63, 3.8) is 0 Å². The second kappa shape index (κ2) is 6.33. The number of hydrogen-bond donors (Lipinski definition) is 2. The summed E-state index contributed by atoms with van der Waals surface area (Å²) < 4.78 is 0. The van der Waals surface area contributed by atoms with Gasteiger partial charge < -0.3 is 10.4 Å². The quantitative estimate of drug-likeness (QED) is 0.820. The van der Waals surface area contributed by atoms with Crippen molar-refractivity contribution in [3.05, 3.63) is 51.8 Å². The van der Waals surface area contributed by atoms with Gasteiger partial charge in [-0.25, -0.2) is 4.98 Å². The molecule has 20 heavy (non-hydrogen) atoms. The molecule has 0 aliphatic rings. The molecule has 1 heterocycles. The van der Waals surface area contributed by atoms with E-state index in [0.717, 1.165) is 23.2 Å². The van der Waals surface area contributed by atoms with Crippen LogP contribution in [0, 0.1) is 6.92 Å². The van der Waals surface area contributed by atoms with Crippen molar-refractivity contribution in [1.82, 2.24) is 4.98 Å². The molecule has 1 aromatic carbocycles. The average molecular weight is 311 g/mol. The van der Waals surface area contributed by atoms with Gasteiger partial charge in [-0.1, -0.05) is 35.3 Å². The van der Waals surface area contributed by atoms with E-state index >= 15 is 0 Å². The molecule has 0 spiro atoms. The number of rotatable bonds is 4. The number of phenolic OH excluding ortho intramolecular Hbond substituents is 1. The molecular weight excluding hydrogens is 295 g/mol. The lowest BCUT2D eigenvalue weighted by molar-refractivity contribution is 0.475. The fraction of sp³-hybridized carbons (Fsp3) is 0.267. The van der Waals surface area contributed by atoms with Crippen LogP contribution in [0.4, 0.5) is 5.69 Å². The Morgan fingerprint density at radius 1 is 1.25 bits per heavy atom. The van der Waals surface area contributed by atoms with E-state index in [4.69, 9.17) is 23.2 Å². The first kappa shape index (κ1) is 14.9. The van der Waals surface area contributed by atoms with E-state index in [0.29, 0.717) is 10.3 Å². The Morgan fingerprint density at radius 3 is 2.50 bits per heavy atom. The van der Waals surface area contributed by atoms with Crippen LogP contribution in [-0.2, 0) is 6.42 Å². The Kier molecular flexibility index (Phi) is 4.73. The highest BCUT2D eigenvalue weighted by atomic mass is 35.5. The maximum absolute atomic E-state index is 9.27. The molecule has 0 bridgehead atoms. The first-order valence-electron chi connectivity index (χ1n) is 6.33. The number of phenols is 1. The Balaban J connectivity index is 2.08. The van der Waals surface area contributed by atoms with Gasteiger partial charge >= 0.3 is 0 Å². The maximum Gasteiger partial charge on any atom is 0.154 e. The monoisotopic (exact) mass is 310 g/mol. The largest absolute Gasteiger partial charge is 0.508 e. The number of halogens is 2. The van der Waals surface area contributed by atoms with Gasteiger partial charge in [0.05, 0.1) is 5.69 Å². The summed E-state index contributed by atoms with van der Waals surface area (Å²) in [5.41, 5.74) is 2.91. The van der Waals surface area contributed by atoms with Crippen molar-refractivity contribution < 1.29 is 5.11 Å². The van der Waals surface area contributed by atoms with Crippen LogP contribution in [0.5, 0.6) is 5.75 Å². The van der Waals surface area contributed by atoms with Crippen molar-refractivity contribution in [2.45, 2.75) is 26.3 Å². The van der Waals surface area contributed by atoms with Crippen LogP contribution in [0.25, 0.3) is 0 Å². The summed E-state index contributed by atoms with van der Waals surface area (Å²) in [5, 5.41) is 13.4. The van der Waals surface area contributed by atoms with Crippen LogP contribution >= 0.6 is 23.2 Å². The van der Waals surface area contributed by atoms with Gasteiger partial charge in [-0.15, -0.1) is 0 Å². The van der Waals surface area contributed by atoms with E-state index in [2.05, 4.69) is 17.2 Å². The lowest BCUT2D eigenvalue weighted by atomic mass is 10.1. The average Bonchev–Trinajstić information content (AvgIpc) is 2.36. The highest BCUT2D eigenvalue weighted by molar-refractivity contribution is 6.34. The Labute approximate surface area is 128 Å². The van der Waals surface area contributed by atoms with Crippen molar-refractivity contribution in [2.75, 3.05) is 5.32 Å². The second-order valence-corrected chi connectivity index (χ2v) is 5.59. The van der Waals surface area contributed by atoms with Crippen LogP contribution in [0.1, 0.15) is 18.1 Å². The van der Waals surface area contributed by atoms with E-state index in [-0.39, 0.29) is 11.8 Å². The minimum Gasteiger partial charge on any atom is -0.508 e. The molecule has 3 nitrogen and oxygen atoms in total. The van der Waals surface area contributed by atoms with Gasteiger partial charge in [0.25, 0.3) is 0 Å². The molecule has 0 fully saturated rings. The zero-order valence-corrected chi connectivity index (χ0v) is 12.8. The van der Waals surface area contributed by atoms with Crippen LogP contribution in [0.3, 0.4) is 0 Å². The molecule has 2 N–H and O–H groups in total. The molecule has 0 saturated carbocycles. The van der Waals surface area contributed by atoms with E-state index in [1.54, 1.807) is 18.2 Å². The second-order valence-electron chi connectivity index (χ2n) is 4.84. The molecule has 0 aliphatic heterocycles. The molecule has 0 radical (unpaired) electrons. The topological polar surface area (TPSA) is 45.2 Å². The number of benzene rings is 1. The molecule has 0 aliphatic carbocycles. The lowest BCUT2D eigenvalue weighted by Crippen LogP contribution is -2.19. The number of nitrogens with one attached hydrogen (secondary N) is 1. The molecular formula is C15H16Cl2N2O. The molecule has 1 aromatic heterocycles. The number of nitrogens with zero attached hydrogens (tertiary/aromatic N) is 1. The minimum atomic E-state index is 0.179. The van der Waals surface area contributed by atoms with E-state index in [9.17, 15) is 5.11 Å². The third kappa shape index (κ3) is 3.78. The molecule has 2 aromatic rings. The van der Waals surface area contributed by atoms with Gasteiger partial charge in [0.1, 0.15) is 10.9 Å². The number of aryl methyl sites for hydroxylation is 1. The highest BCUT2D eigenvalue weighted by Gasteiger charge is 2.11. The summed E-state index contributed by atoms with van der Waals surface area (Å²) in [6.45, 7) is 4.01. The molecule has 106 valence electrons. The number of aromatic hydroxyl groups is 1. The summed E-state index contributed by atoms with van der Waals surface area (Å²) in [4.78, 5) is 4.04. The number of pyridine rings is 1. The molecule has 1 unspecified atom stereocenters. The fourth-order valence-electron chi connectivity index (χ4n) is 2.05. The van der Waals surface area contributed by atoms with Crippen LogP contribution in [0.15, 0.2) is 30.3 Å². The number of anilines is 1. The van der Waals surface area contributed by atoms with Crippen molar-refractivity contribution >= 4 is 28.9 Å². The zero-order chi connectivity index (χ0) is 14.7. The third-order valence-corrected chi connectivity index (χ3v) is 3.48. The van der Waals surface area contributed by atoms with Gasteiger partial charge in [-0.2, -0.15) is 0 Å². The third-order valence-electron chi connectivity index (χ3n) is 3.01. The predicted molar refractivity (Wildman–Crippen MR) is 83.9 cm³/mol. The van der Waals surface area contributed by atoms with Crippen LogP contribution in [0.2, 0.25) is 10.3 Å². The van der Waals surface area contributed by atoms with E-state index in [1.807, 2.05) is 19.1 Å². The number of aromatic nitrogens is 1. The van der Waals surface area contributed by atoms with Crippen molar-refractivity contribution in [2.24, 2.45) is 0 Å². The molecule has 5 heteroatoms.